The maximum atomic E-state index is 6.05. The summed E-state index contributed by atoms with van der Waals surface area (Å²) in [5.41, 5.74) is 7.73. The molecule has 1 fully saturated rings. The zero-order valence-corrected chi connectivity index (χ0v) is 12.4. The minimum absolute atomic E-state index is 0.184. The molecule has 0 spiro atoms. The van der Waals surface area contributed by atoms with E-state index < -0.39 is 0 Å². The molecule has 112 valence electrons. The molecule has 1 aromatic rings. The molecule has 1 unspecified atom stereocenters. The molecule has 5 nitrogen and oxygen atoms in total. The molecule has 0 radical (unpaired) electrons. The van der Waals surface area contributed by atoms with Crippen LogP contribution in [-0.2, 0) is 15.9 Å². The second-order valence-electron chi connectivity index (χ2n) is 5.27. The second-order valence-corrected chi connectivity index (χ2v) is 5.27. The van der Waals surface area contributed by atoms with Crippen LogP contribution in [0.25, 0.3) is 0 Å². The summed E-state index contributed by atoms with van der Waals surface area (Å²) in [7, 11) is 1.79. The van der Waals surface area contributed by atoms with Gasteiger partial charge >= 0.3 is 0 Å². The van der Waals surface area contributed by atoms with Gasteiger partial charge in [-0.2, -0.15) is 0 Å². The number of rotatable bonds is 6. The monoisotopic (exact) mass is 279 g/mol. The van der Waals surface area contributed by atoms with Crippen LogP contribution in [0.5, 0.6) is 0 Å². The number of nitrogens with zero attached hydrogens (tertiary/aromatic N) is 1. The molecule has 1 aromatic heterocycles. The fourth-order valence-corrected chi connectivity index (χ4v) is 2.93. The van der Waals surface area contributed by atoms with E-state index in [1.807, 2.05) is 12.3 Å². The van der Waals surface area contributed by atoms with E-state index in [2.05, 4.69) is 17.2 Å². The highest BCUT2D eigenvalue weighted by atomic mass is 16.5. The standard InChI is InChI=1S/C15H25N3O2/c1-3-18-14(10-12-11-17-7-4-13(12)16)15(19-2)5-8-20-9-6-15/h4,7,11,14,18H,3,5-6,8-10H2,1-2H3,(H2,16,17). The average molecular weight is 279 g/mol. The quantitative estimate of drug-likeness (QED) is 0.823. The first kappa shape index (κ1) is 15.2. The van der Waals surface area contributed by atoms with E-state index >= 15 is 0 Å². The Morgan fingerprint density at radius 1 is 1.50 bits per heavy atom. The van der Waals surface area contributed by atoms with Crippen molar-refractivity contribution in [3.05, 3.63) is 24.0 Å². The van der Waals surface area contributed by atoms with Crippen molar-refractivity contribution >= 4 is 5.69 Å². The van der Waals surface area contributed by atoms with Crippen molar-refractivity contribution in [1.82, 2.24) is 10.3 Å². The summed E-state index contributed by atoms with van der Waals surface area (Å²) in [5.74, 6) is 0. The number of ether oxygens (including phenoxy) is 2. The Hall–Kier alpha value is -1.17. The lowest BCUT2D eigenvalue weighted by atomic mass is 9.82. The van der Waals surface area contributed by atoms with Gasteiger partial charge in [-0.15, -0.1) is 0 Å². The van der Waals surface area contributed by atoms with Gasteiger partial charge in [-0.05, 0) is 24.6 Å². The maximum Gasteiger partial charge on any atom is 0.0877 e. The fraction of sp³-hybridized carbons (Fsp3) is 0.667. The van der Waals surface area contributed by atoms with Crippen molar-refractivity contribution < 1.29 is 9.47 Å². The molecule has 2 rings (SSSR count). The number of hydrogen-bond donors (Lipinski definition) is 2. The lowest BCUT2D eigenvalue weighted by molar-refractivity contribution is -0.110. The van der Waals surface area contributed by atoms with E-state index in [0.29, 0.717) is 0 Å². The van der Waals surface area contributed by atoms with Crippen LogP contribution in [-0.4, -0.2) is 43.5 Å². The van der Waals surface area contributed by atoms with Gasteiger partial charge in [0.2, 0.25) is 0 Å². The van der Waals surface area contributed by atoms with Crippen molar-refractivity contribution in [2.75, 3.05) is 32.6 Å². The molecule has 1 aliphatic rings. The fourth-order valence-electron chi connectivity index (χ4n) is 2.93. The van der Waals surface area contributed by atoms with E-state index in [9.17, 15) is 0 Å². The summed E-state index contributed by atoms with van der Waals surface area (Å²) in [5, 5.41) is 3.56. The van der Waals surface area contributed by atoms with Gasteiger partial charge in [-0.1, -0.05) is 6.92 Å². The van der Waals surface area contributed by atoms with E-state index in [0.717, 1.165) is 50.3 Å². The lowest BCUT2D eigenvalue weighted by Gasteiger charge is -2.42. The number of methoxy groups -OCH3 is 1. The largest absolute Gasteiger partial charge is 0.398 e. The summed E-state index contributed by atoms with van der Waals surface area (Å²) >= 11 is 0. The number of nitrogens with two attached hydrogens (primary N) is 1. The van der Waals surface area contributed by atoms with Gasteiger partial charge in [0.1, 0.15) is 0 Å². The number of nitrogens with one attached hydrogen (secondary N) is 1. The minimum Gasteiger partial charge on any atom is -0.398 e. The summed E-state index contributed by atoms with van der Waals surface area (Å²) in [6.07, 6.45) is 6.20. The molecule has 0 aliphatic carbocycles. The first-order valence-corrected chi connectivity index (χ1v) is 7.26. The molecular formula is C15H25N3O2. The topological polar surface area (TPSA) is 69.4 Å². The molecule has 3 N–H and O–H groups in total. The average Bonchev–Trinajstić information content (AvgIpc) is 2.49. The van der Waals surface area contributed by atoms with Crippen molar-refractivity contribution in [2.24, 2.45) is 0 Å². The lowest BCUT2D eigenvalue weighted by Crippen LogP contribution is -2.56. The molecule has 5 heteroatoms. The second kappa shape index (κ2) is 7.02. The zero-order valence-electron chi connectivity index (χ0n) is 12.4. The van der Waals surface area contributed by atoms with Crippen LogP contribution in [0, 0.1) is 0 Å². The van der Waals surface area contributed by atoms with Gasteiger partial charge in [-0.25, -0.2) is 0 Å². The van der Waals surface area contributed by atoms with Crippen LogP contribution in [0.1, 0.15) is 25.3 Å². The molecule has 20 heavy (non-hydrogen) atoms. The zero-order chi connectivity index (χ0) is 14.4. The third kappa shape index (κ3) is 3.29. The normalized spacial score (nSPS) is 19.7. The highest BCUT2D eigenvalue weighted by Gasteiger charge is 2.40. The molecule has 0 bridgehead atoms. The van der Waals surface area contributed by atoms with E-state index in [1.54, 1.807) is 13.3 Å². The number of aromatic nitrogens is 1. The van der Waals surface area contributed by atoms with Crippen LogP contribution >= 0.6 is 0 Å². The Balaban J connectivity index is 2.19. The smallest absolute Gasteiger partial charge is 0.0877 e. The summed E-state index contributed by atoms with van der Waals surface area (Å²) in [4.78, 5) is 4.18. The molecular weight excluding hydrogens is 254 g/mol. The maximum absolute atomic E-state index is 6.05. The van der Waals surface area contributed by atoms with Gasteiger partial charge in [0.15, 0.2) is 0 Å². The number of likely N-dealkylation sites (N-methyl/N-ethyl adjacent to an activating group) is 1. The third-order valence-electron chi connectivity index (χ3n) is 4.20. The van der Waals surface area contributed by atoms with Gasteiger partial charge in [0.25, 0.3) is 0 Å². The minimum atomic E-state index is -0.184. The predicted octanol–water partition coefficient (Wildman–Crippen LogP) is 1.38. The van der Waals surface area contributed by atoms with Crippen LogP contribution in [0.3, 0.4) is 0 Å². The van der Waals surface area contributed by atoms with Crippen molar-refractivity contribution in [3.63, 3.8) is 0 Å². The van der Waals surface area contributed by atoms with Crippen LogP contribution < -0.4 is 11.1 Å². The molecule has 1 aliphatic heterocycles. The van der Waals surface area contributed by atoms with Gasteiger partial charge in [0.05, 0.1) is 5.60 Å². The number of nitrogen functional groups attached to an aromatic ring is 1. The Kier molecular flexibility index (Phi) is 5.34. The molecule has 0 aromatic carbocycles. The van der Waals surface area contributed by atoms with Crippen molar-refractivity contribution in [3.8, 4) is 0 Å². The first-order valence-electron chi connectivity index (χ1n) is 7.26. The van der Waals surface area contributed by atoms with E-state index in [1.165, 1.54) is 0 Å². The van der Waals surface area contributed by atoms with Crippen LogP contribution in [0.2, 0.25) is 0 Å². The van der Waals surface area contributed by atoms with Crippen molar-refractivity contribution in [2.45, 2.75) is 37.8 Å². The van der Waals surface area contributed by atoms with E-state index in [4.69, 9.17) is 15.2 Å². The highest BCUT2D eigenvalue weighted by molar-refractivity contribution is 5.44. The SMILES string of the molecule is CCNC(Cc1cnccc1N)C1(OC)CCOCC1. The van der Waals surface area contributed by atoms with Crippen molar-refractivity contribution in [1.29, 1.82) is 0 Å². The summed E-state index contributed by atoms with van der Waals surface area (Å²) in [6, 6.07) is 2.06. The van der Waals surface area contributed by atoms with Crippen LogP contribution in [0.15, 0.2) is 18.5 Å². The van der Waals surface area contributed by atoms with Gasteiger partial charge in [-0.3, -0.25) is 4.98 Å². The number of anilines is 1. The Morgan fingerprint density at radius 2 is 2.25 bits per heavy atom. The molecule has 0 amide bonds. The molecule has 2 heterocycles. The molecule has 1 saturated heterocycles. The van der Waals surface area contributed by atoms with Gasteiger partial charge in [0, 0.05) is 57.3 Å². The number of pyridine rings is 1. The Morgan fingerprint density at radius 3 is 2.85 bits per heavy atom. The Bertz CT molecular complexity index is 419. The van der Waals surface area contributed by atoms with Crippen LogP contribution in [0.4, 0.5) is 5.69 Å². The predicted molar refractivity (Wildman–Crippen MR) is 79.6 cm³/mol. The Labute approximate surface area is 120 Å². The number of hydrogen-bond acceptors (Lipinski definition) is 5. The third-order valence-corrected chi connectivity index (χ3v) is 4.20. The summed E-state index contributed by atoms with van der Waals surface area (Å²) in [6.45, 7) is 4.51. The molecule has 1 atom stereocenters. The molecule has 0 saturated carbocycles. The highest BCUT2D eigenvalue weighted by Crippen LogP contribution is 2.30. The van der Waals surface area contributed by atoms with Gasteiger partial charge < -0.3 is 20.5 Å². The van der Waals surface area contributed by atoms with E-state index in [-0.39, 0.29) is 11.6 Å². The summed E-state index contributed by atoms with van der Waals surface area (Å²) < 4.78 is 11.4. The first-order chi connectivity index (χ1) is 9.72.